The van der Waals surface area contributed by atoms with E-state index >= 15 is 0 Å². The lowest BCUT2D eigenvalue weighted by atomic mass is 9.79. The van der Waals surface area contributed by atoms with Crippen molar-refractivity contribution in [3.63, 3.8) is 0 Å². The molecule has 2 rings (SSSR count). The number of carbonyl (C=O) groups excluding carboxylic acids is 1. The maximum atomic E-state index is 12.1. The molecule has 4 heteroatoms. The fraction of sp³-hybridized carbons (Fsp3) is 0.562. The average molecular weight is 340 g/mol. The third-order valence-electron chi connectivity index (χ3n) is 4.20. The summed E-state index contributed by atoms with van der Waals surface area (Å²) < 4.78 is 0.994. The van der Waals surface area contributed by atoms with E-state index in [1.54, 1.807) is 6.07 Å². The summed E-state index contributed by atoms with van der Waals surface area (Å²) in [4.78, 5) is 12.1. The average Bonchev–Trinajstić information content (AvgIpc) is 2.43. The molecule has 110 valence electrons. The number of halogens is 1. The summed E-state index contributed by atoms with van der Waals surface area (Å²) in [6, 6.07) is 5.52. The van der Waals surface area contributed by atoms with Crippen molar-refractivity contribution in [2.24, 2.45) is 5.92 Å². The predicted octanol–water partition coefficient (Wildman–Crippen LogP) is 3.43. The highest BCUT2D eigenvalue weighted by atomic mass is 79.9. The summed E-state index contributed by atoms with van der Waals surface area (Å²) in [5, 5.41) is 13.3. The standard InChI is InChI=1S/C16H22BrNO2/c1-11-5-7-16(20,8-6-11)10-18-15(19)13-3-4-14(17)12(2)9-13/h3-4,9,11,20H,5-8,10H2,1-2H3,(H,18,19). The number of amides is 1. The summed E-state index contributed by atoms with van der Waals surface area (Å²) in [7, 11) is 0. The Balaban J connectivity index is 1.93. The van der Waals surface area contributed by atoms with Crippen molar-refractivity contribution in [1.29, 1.82) is 0 Å². The highest BCUT2D eigenvalue weighted by Crippen LogP contribution is 2.31. The van der Waals surface area contributed by atoms with Gasteiger partial charge in [0.05, 0.1) is 5.60 Å². The fourth-order valence-electron chi connectivity index (χ4n) is 2.61. The maximum Gasteiger partial charge on any atom is 0.251 e. The zero-order chi connectivity index (χ0) is 14.8. The first-order valence-electron chi connectivity index (χ1n) is 7.16. The molecule has 1 aromatic rings. The van der Waals surface area contributed by atoms with E-state index in [2.05, 4.69) is 28.2 Å². The van der Waals surface area contributed by atoms with Crippen molar-refractivity contribution in [1.82, 2.24) is 5.32 Å². The minimum Gasteiger partial charge on any atom is -0.388 e. The Morgan fingerprint density at radius 3 is 2.70 bits per heavy atom. The number of benzene rings is 1. The van der Waals surface area contributed by atoms with Crippen molar-refractivity contribution in [2.45, 2.75) is 45.1 Å². The van der Waals surface area contributed by atoms with Crippen molar-refractivity contribution >= 4 is 21.8 Å². The molecule has 1 amide bonds. The van der Waals surface area contributed by atoms with Gasteiger partial charge in [0.2, 0.25) is 0 Å². The molecular weight excluding hydrogens is 318 g/mol. The molecule has 3 nitrogen and oxygen atoms in total. The zero-order valence-electron chi connectivity index (χ0n) is 12.1. The highest BCUT2D eigenvalue weighted by Gasteiger charge is 2.32. The molecule has 0 aromatic heterocycles. The molecule has 0 atom stereocenters. The molecule has 0 heterocycles. The minimum absolute atomic E-state index is 0.118. The van der Waals surface area contributed by atoms with E-state index in [-0.39, 0.29) is 5.91 Å². The van der Waals surface area contributed by atoms with Crippen molar-refractivity contribution in [2.75, 3.05) is 6.54 Å². The van der Waals surface area contributed by atoms with Crippen molar-refractivity contribution in [3.8, 4) is 0 Å². The van der Waals surface area contributed by atoms with Gasteiger partial charge in [0.25, 0.3) is 5.91 Å². The molecule has 2 N–H and O–H groups in total. The van der Waals surface area contributed by atoms with E-state index < -0.39 is 5.60 Å². The smallest absolute Gasteiger partial charge is 0.251 e. The van der Waals surface area contributed by atoms with Crippen LogP contribution in [0.5, 0.6) is 0 Å². The van der Waals surface area contributed by atoms with Crippen LogP contribution in [0.3, 0.4) is 0 Å². The summed E-state index contributed by atoms with van der Waals surface area (Å²) >= 11 is 3.42. The first kappa shape index (κ1) is 15.5. The fourth-order valence-corrected chi connectivity index (χ4v) is 2.86. The van der Waals surface area contributed by atoms with Crippen molar-refractivity contribution < 1.29 is 9.90 Å². The molecule has 0 radical (unpaired) electrons. The molecule has 1 aliphatic carbocycles. The van der Waals surface area contributed by atoms with Crippen LogP contribution in [0, 0.1) is 12.8 Å². The summed E-state index contributed by atoms with van der Waals surface area (Å²) in [6.07, 6.45) is 3.61. The zero-order valence-corrected chi connectivity index (χ0v) is 13.7. The van der Waals surface area contributed by atoms with Crippen LogP contribution in [0.2, 0.25) is 0 Å². The van der Waals surface area contributed by atoms with Crippen molar-refractivity contribution in [3.05, 3.63) is 33.8 Å². The number of hydrogen-bond acceptors (Lipinski definition) is 2. The van der Waals surface area contributed by atoms with Crippen LogP contribution in [0.4, 0.5) is 0 Å². The number of carbonyl (C=O) groups is 1. The van der Waals surface area contributed by atoms with Gasteiger partial charge in [0.15, 0.2) is 0 Å². The molecule has 0 saturated heterocycles. The van der Waals surface area contributed by atoms with Crippen LogP contribution in [-0.2, 0) is 0 Å². The summed E-state index contributed by atoms with van der Waals surface area (Å²) in [5.74, 6) is 0.563. The number of nitrogens with one attached hydrogen (secondary N) is 1. The topological polar surface area (TPSA) is 49.3 Å². The van der Waals surface area contributed by atoms with E-state index in [9.17, 15) is 9.90 Å². The Labute approximate surface area is 128 Å². The second-order valence-corrected chi connectivity index (χ2v) is 6.91. The Kier molecular flexibility index (Phi) is 4.86. The molecule has 1 fully saturated rings. The van der Waals surface area contributed by atoms with E-state index in [4.69, 9.17) is 0 Å². The van der Waals surface area contributed by atoms with Crippen LogP contribution in [0.25, 0.3) is 0 Å². The Morgan fingerprint density at radius 1 is 1.45 bits per heavy atom. The number of aliphatic hydroxyl groups is 1. The minimum atomic E-state index is -0.730. The van der Waals surface area contributed by atoms with Gasteiger partial charge in [-0.25, -0.2) is 0 Å². The third kappa shape index (κ3) is 3.83. The molecule has 1 aliphatic rings. The van der Waals surface area contributed by atoms with Gasteiger partial charge in [-0.05, 0) is 62.3 Å². The second kappa shape index (κ2) is 6.27. The second-order valence-electron chi connectivity index (χ2n) is 6.05. The monoisotopic (exact) mass is 339 g/mol. The lowest BCUT2D eigenvalue weighted by Crippen LogP contribution is -2.45. The van der Waals surface area contributed by atoms with Gasteiger partial charge in [-0.2, -0.15) is 0 Å². The quantitative estimate of drug-likeness (QED) is 0.886. The Morgan fingerprint density at radius 2 is 2.10 bits per heavy atom. The molecule has 0 unspecified atom stereocenters. The van der Waals surface area contributed by atoms with Gasteiger partial charge >= 0.3 is 0 Å². The maximum absolute atomic E-state index is 12.1. The van der Waals surface area contributed by atoms with Crippen LogP contribution < -0.4 is 5.32 Å². The summed E-state index contributed by atoms with van der Waals surface area (Å²) in [5.41, 5.74) is 0.938. The van der Waals surface area contributed by atoms with E-state index in [1.165, 1.54) is 0 Å². The van der Waals surface area contributed by atoms with Crippen LogP contribution in [0.1, 0.15) is 48.5 Å². The Hall–Kier alpha value is -0.870. The molecule has 0 spiro atoms. The third-order valence-corrected chi connectivity index (χ3v) is 5.09. The lowest BCUT2D eigenvalue weighted by Gasteiger charge is -2.34. The van der Waals surface area contributed by atoms with Gasteiger partial charge in [0, 0.05) is 16.6 Å². The number of aryl methyl sites for hydroxylation is 1. The molecule has 0 bridgehead atoms. The van der Waals surface area contributed by atoms with E-state index in [1.807, 2.05) is 19.1 Å². The Bertz CT molecular complexity index is 493. The number of hydrogen-bond donors (Lipinski definition) is 2. The normalized spacial score (nSPS) is 26.3. The summed E-state index contributed by atoms with van der Waals surface area (Å²) in [6.45, 7) is 4.51. The van der Waals surface area contributed by atoms with Gasteiger partial charge in [-0.15, -0.1) is 0 Å². The lowest BCUT2D eigenvalue weighted by molar-refractivity contribution is -0.00539. The molecule has 20 heavy (non-hydrogen) atoms. The molecule has 0 aliphatic heterocycles. The van der Waals surface area contributed by atoms with Gasteiger partial charge in [-0.3, -0.25) is 4.79 Å². The first-order valence-corrected chi connectivity index (χ1v) is 7.96. The number of rotatable bonds is 3. The molecule has 1 saturated carbocycles. The first-order chi connectivity index (χ1) is 9.39. The largest absolute Gasteiger partial charge is 0.388 e. The van der Waals surface area contributed by atoms with Crippen LogP contribution >= 0.6 is 15.9 Å². The van der Waals surface area contributed by atoms with Crippen LogP contribution in [-0.4, -0.2) is 23.2 Å². The van der Waals surface area contributed by atoms with Gasteiger partial charge in [-0.1, -0.05) is 22.9 Å². The highest BCUT2D eigenvalue weighted by molar-refractivity contribution is 9.10. The SMILES string of the molecule is Cc1cc(C(=O)NCC2(O)CCC(C)CC2)ccc1Br. The molecule has 1 aromatic carbocycles. The van der Waals surface area contributed by atoms with E-state index in [0.717, 1.165) is 35.7 Å². The van der Waals surface area contributed by atoms with Crippen LogP contribution in [0.15, 0.2) is 22.7 Å². The van der Waals surface area contributed by atoms with Gasteiger partial charge < -0.3 is 10.4 Å². The predicted molar refractivity (Wildman–Crippen MR) is 83.8 cm³/mol. The van der Waals surface area contributed by atoms with E-state index in [0.29, 0.717) is 18.0 Å². The molecular formula is C16H22BrNO2. The van der Waals surface area contributed by atoms with Gasteiger partial charge in [0.1, 0.15) is 0 Å².